The Morgan fingerprint density at radius 3 is 2.04 bits per heavy atom. The van der Waals surface area contributed by atoms with E-state index in [4.69, 9.17) is 19.4 Å². The molecule has 2 saturated carbocycles. The Balaban J connectivity index is 1.08. The monoisotopic (exact) mass is 664 g/mol. The first-order valence-corrected chi connectivity index (χ1v) is 18.4. The first kappa shape index (κ1) is 31.4. The van der Waals surface area contributed by atoms with Gasteiger partial charge in [0.2, 0.25) is 0 Å². The van der Waals surface area contributed by atoms with E-state index in [2.05, 4.69) is 86.6 Å². The van der Waals surface area contributed by atoms with Crippen molar-refractivity contribution < 1.29 is 4.42 Å². The van der Waals surface area contributed by atoms with Gasteiger partial charge in [0.1, 0.15) is 11.2 Å². The Kier molecular flexibility index (Phi) is 7.77. The number of benzene rings is 5. The molecule has 0 amide bonds. The summed E-state index contributed by atoms with van der Waals surface area (Å²) in [7, 11) is 0. The van der Waals surface area contributed by atoms with Gasteiger partial charge >= 0.3 is 0 Å². The summed E-state index contributed by atoms with van der Waals surface area (Å²) in [6, 6.07) is 41.7. The topological polar surface area (TPSA) is 75.6 Å². The van der Waals surface area contributed by atoms with Gasteiger partial charge in [0.05, 0.1) is 11.6 Å². The van der Waals surface area contributed by atoms with Gasteiger partial charge in [-0.2, -0.15) is 5.26 Å². The molecule has 5 aromatic carbocycles. The average molecular weight is 665 g/mol. The van der Waals surface area contributed by atoms with Crippen molar-refractivity contribution in [3.63, 3.8) is 0 Å². The lowest BCUT2D eigenvalue weighted by Gasteiger charge is -2.51. The first-order chi connectivity index (χ1) is 25.0. The van der Waals surface area contributed by atoms with Gasteiger partial charge in [0, 0.05) is 33.0 Å². The van der Waals surface area contributed by atoms with Crippen molar-refractivity contribution in [2.75, 3.05) is 0 Å². The number of nitriles is 1. The predicted molar refractivity (Wildman–Crippen MR) is 205 cm³/mol. The fourth-order valence-corrected chi connectivity index (χ4v) is 9.37. The Hall–Kier alpha value is -5.60. The van der Waals surface area contributed by atoms with E-state index >= 15 is 0 Å². The first-order valence-electron chi connectivity index (χ1n) is 18.4. The molecule has 0 spiro atoms. The van der Waals surface area contributed by atoms with Crippen molar-refractivity contribution in [3.8, 4) is 51.4 Å². The van der Waals surface area contributed by atoms with Crippen molar-refractivity contribution in [3.05, 3.63) is 126 Å². The highest BCUT2D eigenvalue weighted by atomic mass is 16.3. The second-order valence-electron chi connectivity index (χ2n) is 15.0. The molecule has 2 fully saturated rings. The lowest BCUT2D eigenvalue weighted by molar-refractivity contribution is 0.0702. The van der Waals surface area contributed by atoms with Gasteiger partial charge in [-0.1, -0.05) is 117 Å². The van der Waals surface area contributed by atoms with Crippen LogP contribution in [0.4, 0.5) is 0 Å². The summed E-state index contributed by atoms with van der Waals surface area (Å²) < 4.78 is 6.32. The SMILES string of the molecule is CC[C@@H]1C[C@@H]2C[C@H](C)CC(c3ccc(-c4nc(-c5ccccc5)nc(-c5ccc(-c6cccc7c6oc6ccc(C#N)cc67)cc5)n4)cc3)(C1)C2. The summed E-state index contributed by atoms with van der Waals surface area (Å²) in [5.41, 5.74) is 8.88. The third kappa shape index (κ3) is 5.69. The van der Waals surface area contributed by atoms with E-state index in [1.54, 1.807) is 6.07 Å². The number of hydrogen-bond acceptors (Lipinski definition) is 5. The van der Waals surface area contributed by atoms with E-state index in [9.17, 15) is 5.26 Å². The Bertz CT molecular complexity index is 2420. The number of aromatic nitrogens is 3. The fourth-order valence-electron chi connectivity index (χ4n) is 9.37. The highest BCUT2D eigenvalue weighted by Gasteiger charge is 2.45. The Morgan fingerprint density at radius 2 is 1.35 bits per heavy atom. The van der Waals surface area contributed by atoms with Gasteiger partial charge in [-0.25, -0.2) is 15.0 Å². The van der Waals surface area contributed by atoms with Gasteiger partial charge in [-0.3, -0.25) is 0 Å². The molecule has 5 nitrogen and oxygen atoms in total. The number of furan rings is 1. The minimum absolute atomic E-state index is 0.285. The minimum atomic E-state index is 0.285. The van der Waals surface area contributed by atoms with E-state index in [0.717, 1.165) is 67.5 Å². The van der Waals surface area contributed by atoms with Gasteiger partial charge in [0.25, 0.3) is 0 Å². The number of nitrogens with zero attached hydrogens (tertiary/aromatic N) is 4. The van der Waals surface area contributed by atoms with Crippen LogP contribution in [0.5, 0.6) is 0 Å². The largest absolute Gasteiger partial charge is 0.455 e. The lowest BCUT2D eigenvalue weighted by atomic mass is 9.54. The molecule has 0 N–H and O–H groups in total. The van der Waals surface area contributed by atoms with Crippen LogP contribution < -0.4 is 0 Å². The molecule has 1 unspecified atom stereocenters. The van der Waals surface area contributed by atoms with Crippen LogP contribution in [0.25, 0.3) is 67.2 Å². The summed E-state index contributed by atoms with van der Waals surface area (Å²) in [5.74, 6) is 4.43. The standard InChI is InChI=1S/C46H40N4O/c1-3-30-23-32-22-29(2)25-46(26-30,27-32)37-19-17-36(18-20-37)45-49-43(34-8-5-4-6-9-34)48-44(50-45)35-15-13-33(14-16-35)38-10-7-11-39-40-24-31(28-47)12-21-41(40)51-42(38)39/h4-21,24,29-30,32H,3,22-23,25-27H2,1-2H3/t29-,30+,32-,46?/m0/s1. The Labute approximate surface area is 299 Å². The number of hydrogen-bond donors (Lipinski definition) is 0. The van der Waals surface area contributed by atoms with Crippen molar-refractivity contribution in [2.45, 2.75) is 57.8 Å². The van der Waals surface area contributed by atoms with Crippen LogP contribution >= 0.6 is 0 Å². The summed E-state index contributed by atoms with van der Waals surface area (Å²) in [4.78, 5) is 15.1. The van der Waals surface area contributed by atoms with E-state index in [1.165, 1.54) is 44.1 Å². The molecule has 0 aliphatic heterocycles. The molecule has 2 heterocycles. The van der Waals surface area contributed by atoms with Crippen molar-refractivity contribution in [2.24, 2.45) is 17.8 Å². The fraction of sp³-hybridized carbons (Fsp3) is 0.261. The number of fused-ring (bicyclic) bond motifs is 5. The maximum absolute atomic E-state index is 9.44. The van der Waals surface area contributed by atoms with Crippen LogP contribution in [0.1, 0.15) is 63.5 Å². The molecule has 51 heavy (non-hydrogen) atoms. The van der Waals surface area contributed by atoms with Crippen molar-refractivity contribution >= 4 is 21.9 Å². The summed E-state index contributed by atoms with van der Waals surface area (Å²) in [5, 5.41) is 11.4. The zero-order valence-electron chi connectivity index (χ0n) is 29.1. The molecule has 0 saturated heterocycles. The highest BCUT2D eigenvalue weighted by molar-refractivity contribution is 6.09. The molecule has 2 aliphatic carbocycles. The van der Waals surface area contributed by atoms with E-state index in [0.29, 0.717) is 23.0 Å². The van der Waals surface area contributed by atoms with Gasteiger partial charge in [0.15, 0.2) is 17.5 Å². The molecule has 2 bridgehead atoms. The summed E-state index contributed by atoms with van der Waals surface area (Å²) in [6.07, 6.45) is 7.98. The zero-order valence-corrected chi connectivity index (χ0v) is 29.1. The molecule has 250 valence electrons. The molecule has 7 aromatic rings. The zero-order chi connectivity index (χ0) is 34.5. The molecular weight excluding hydrogens is 625 g/mol. The second kappa shape index (κ2) is 12.6. The van der Waals surface area contributed by atoms with Crippen LogP contribution in [-0.2, 0) is 5.41 Å². The molecule has 4 atom stereocenters. The summed E-state index contributed by atoms with van der Waals surface area (Å²) in [6.45, 7) is 4.83. The second-order valence-corrected chi connectivity index (χ2v) is 15.0. The third-order valence-corrected chi connectivity index (χ3v) is 11.6. The van der Waals surface area contributed by atoms with Crippen LogP contribution in [0.3, 0.4) is 0 Å². The molecule has 0 radical (unpaired) electrons. The lowest BCUT2D eigenvalue weighted by Crippen LogP contribution is -2.42. The molecular formula is C46H40N4O. The van der Waals surface area contributed by atoms with E-state index in [-0.39, 0.29) is 5.41 Å². The quantitative estimate of drug-likeness (QED) is 0.177. The van der Waals surface area contributed by atoms with Gasteiger partial charge in [-0.15, -0.1) is 0 Å². The van der Waals surface area contributed by atoms with Crippen molar-refractivity contribution in [1.29, 1.82) is 5.26 Å². The minimum Gasteiger partial charge on any atom is -0.455 e. The van der Waals surface area contributed by atoms with Crippen LogP contribution in [0.15, 0.2) is 120 Å². The van der Waals surface area contributed by atoms with Gasteiger partial charge < -0.3 is 4.42 Å². The average Bonchev–Trinajstić information content (AvgIpc) is 3.56. The predicted octanol–water partition coefficient (Wildman–Crippen LogP) is 11.8. The maximum atomic E-state index is 9.44. The molecule has 5 heteroatoms. The Morgan fingerprint density at radius 1 is 0.686 bits per heavy atom. The number of rotatable bonds is 6. The van der Waals surface area contributed by atoms with E-state index in [1.807, 2.05) is 42.5 Å². The smallest absolute Gasteiger partial charge is 0.164 e. The number of para-hydroxylation sites is 1. The molecule has 9 rings (SSSR count). The third-order valence-electron chi connectivity index (χ3n) is 11.6. The van der Waals surface area contributed by atoms with E-state index < -0.39 is 0 Å². The van der Waals surface area contributed by atoms with Crippen LogP contribution in [-0.4, -0.2) is 15.0 Å². The van der Waals surface area contributed by atoms with Crippen LogP contribution in [0.2, 0.25) is 0 Å². The van der Waals surface area contributed by atoms with Gasteiger partial charge in [-0.05, 0) is 84.6 Å². The van der Waals surface area contributed by atoms with Crippen LogP contribution in [0, 0.1) is 29.1 Å². The molecule has 2 aromatic heterocycles. The normalized spacial score (nSPS) is 21.5. The summed E-state index contributed by atoms with van der Waals surface area (Å²) >= 11 is 0. The highest BCUT2D eigenvalue weighted by Crippen LogP contribution is 2.54. The molecule has 2 aliphatic rings. The van der Waals surface area contributed by atoms with Crippen molar-refractivity contribution in [1.82, 2.24) is 15.0 Å². The maximum Gasteiger partial charge on any atom is 0.164 e.